The Bertz CT molecular complexity index is 1430. The number of rotatable bonds is 9. The lowest BCUT2D eigenvalue weighted by atomic mass is 10.1. The van der Waals surface area contributed by atoms with Gasteiger partial charge in [0.05, 0.1) is 10.9 Å². The van der Waals surface area contributed by atoms with E-state index < -0.39 is 28.8 Å². The summed E-state index contributed by atoms with van der Waals surface area (Å²) in [6.45, 7) is 27.4. The molecule has 43 heavy (non-hydrogen) atoms. The Kier molecular flexibility index (Phi) is 10.3. The van der Waals surface area contributed by atoms with Crippen LogP contribution in [-0.2, 0) is 25.3 Å². The average molecular weight is 600 g/mol. The van der Waals surface area contributed by atoms with E-state index in [0.29, 0.717) is 34.0 Å². The van der Waals surface area contributed by atoms with Gasteiger partial charge >= 0.3 is 17.9 Å². The summed E-state index contributed by atoms with van der Waals surface area (Å²) in [6.07, 6.45) is 0. The van der Waals surface area contributed by atoms with E-state index in [-0.39, 0.29) is 0 Å². The lowest BCUT2D eigenvalue weighted by Crippen LogP contribution is -2.14. The number of carbonyl (C=O) groups is 3. The van der Waals surface area contributed by atoms with E-state index in [1.54, 1.807) is 20.8 Å². The van der Waals surface area contributed by atoms with E-state index in [0.717, 1.165) is 48.1 Å². The van der Waals surface area contributed by atoms with Crippen LogP contribution in [0.25, 0.3) is 0 Å². The average Bonchev–Trinajstić information content (AvgIpc) is 2.90. The molecule has 0 N–H and O–H groups in total. The van der Waals surface area contributed by atoms with E-state index in [4.69, 9.17) is 14.2 Å². The molecule has 0 spiro atoms. The van der Waals surface area contributed by atoms with Gasteiger partial charge in [0.1, 0.15) is 17.2 Å². The van der Waals surface area contributed by atoms with Crippen molar-refractivity contribution in [1.29, 1.82) is 0 Å². The van der Waals surface area contributed by atoms with Crippen LogP contribution in [0.15, 0.2) is 87.5 Å². The van der Waals surface area contributed by atoms with E-state index in [2.05, 4.69) is 19.7 Å². The Hall–Kier alpha value is -4.36. The van der Waals surface area contributed by atoms with Gasteiger partial charge in [0.15, 0.2) is 14.7 Å². The molecule has 0 bridgehead atoms. The minimum absolute atomic E-state index is 0.319. The van der Waals surface area contributed by atoms with Crippen molar-refractivity contribution in [1.82, 2.24) is 0 Å². The van der Waals surface area contributed by atoms with Crippen LogP contribution in [0.5, 0.6) is 17.2 Å². The van der Waals surface area contributed by atoms with Crippen molar-refractivity contribution < 1.29 is 28.6 Å². The van der Waals surface area contributed by atoms with Crippen molar-refractivity contribution in [3.8, 4) is 17.2 Å². The molecule has 3 aromatic rings. The van der Waals surface area contributed by atoms with Crippen molar-refractivity contribution in [3.63, 3.8) is 0 Å². The quantitative estimate of drug-likeness (QED) is 0.107. The molecule has 0 radical (unpaired) electrons. The molecule has 0 saturated carbocycles. The summed E-state index contributed by atoms with van der Waals surface area (Å²) >= 11 is 0. The zero-order chi connectivity index (χ0) is 32.3. The minimum atomic E-state index is -0.640. The number of benzene rings is 3. The monoisotopic (exact) mass is 599 g/mol. The molecule has 0 unspecified atom stereocenters. The summed E-state index contributed by atoms with van der Waals surface area (Å²) in [7, 11) is -0.640. The molecule has 0 amide bonds. The van der Waals surface area contributed by atoms with Crippen molar-refractivity contribution in [2.45, 2.75) is 77.0 Å². The summed E-state index contributed by atoms with van der Waals surface area (Å²) in [5.41, 5.74) is 5.81. The Labute approximate surface area is 257 Å². The summed E-state index contributed by atoms with van der Waals surface area (Å²) in [6, 6.07) is 12.1. The second-order valence-corrected chi connectivity index (χ2v) is 13.0. The molecule has 0 atom stereocenters. The van der Waals surface area contributed by atoms with Gasteiger partial charge in [0.25, 0.3) is 0 Å². The number of aryl methyl sites for hydroxylation is 6. The molecule has 0 saturated heterocycles. The minimum Gasteiger partial charge on any atom is -0.423 e. The van der Waals surface area contributed by atoms with Gasteiger partial charge in [-0.05, 0) is 95.7 Å². The molecule has 0 fully saturated rings. The first kappa shape index (κ1) is 33.1. The number of hydrogen-bond donors (Lipinski definition) is 0. The molecule has 3 aromatic carbocycles. The summed E-state index contributed by atoms with van der Waals surface area (Å²) in [5, 5.41) is 0. The van der Waals surface area contributed by atoms with E-state index in [1.807, 2.05) is 77.9 Å². The van der Waals surface area contributed by atoms with Gasteiger partial charge in [-0.15, -0.1) is 0 Å². The summed E-state index contributed by atoms with van der Waals surface area (Å²) in [4.78, 5) is 40.0. The molecule has 7 heteroatoms. The molecular formula is C36H39O6S+. The van der Waals surface area contributed by atoms with Gasteiger partial charge in [-0.25, -0.2) is 14.4 Å². The molecule has 224 valence electrons. The van der Waals surface area contributed by atoms with Crippen molar-refractivity contribution >= 4 is 28.8 Å². The number of ether oxygens (including phenoxy) is 3. The number of esters is 3. The van der Waals surface area contributed by atoms with Gasteiger partial charge in [-0.2, -0.15) is 0 Å². The van der Waals surface area contributed by atoms with Gasteiger partial charge in [-0.1, -0.05) is 19.7 Å². The van der Waals surface area contributed by atoms with E-state index >= 15 is 0 Å². The van der Waals surface area contributed by atoms with Crippen LogP contribution in [-0.4, -0.2) is 17.9 Å². The molecule has 0 aromatic heterocycles. The van der Waals surface area contributed by atoms with Gasteiger partial charge in [-0.3, -0.25) is 0 Å². The highest BCUT2D eigenvalue weighted by Gasteiger charge is 2.33. The zero-order valence-electron chi connectivity index (χ0n) is 26.4. The molecule has 6 nitrogen and oxygen atoms in total. The smallest absolute Gasteiger partial charge is 0.338 e. The number of carbonyl (C=O) groups excluding carboxylic acids is 3. The van der Waals surface area contributed by atoms with E-state index in [1.165, 1.54) is 0 Å². The molecule has 0 aliphatic rings. The molecule has 0 aliphatic heterocycles. The Balaban J connectivity index is 2.25. The maximum absolute atomic E-state index is 12.3. The van der Waals surface area contributed by atoms with Crippen LogP contribution in [0.4, 0.5) is 0 Å². The first-order chi connectivity index (χ1) is 20.0. The maximum atomic E-state index is 12.3. The highest BCUT2D eigenvalue weighted by Crippen LogP contribution is 2.40. The third kappa shape index (κ3) is 7.54. The van der Waals surface area contributed by atoms with Gasteiger partial charge in [0, 0.05) is 53.1 Å². The normalized spacial score (nSPS) is 10.7. The lowest BCUT2D eigenvalue weighted by Gasteiger charge is -2.17. The van der Waals surface area contributed by atoms with Crippen LogP contribution in [0.2, 0.25) is 0 Å². The molecule has 0 heterocycles. The lowest BCUT2D eigenvalue weighted by molar-refractivity contribution is -0.131. The van der Waals surface area contributed by atoms with Crippen molar-refractivity contribution in [2.24, 2.45) is 0 Å². The van der Waals surface area contributed by atoms with Gasteiger partial charge < -0.3 is 14.2 Å². The third-order valence-electron chi connectivity index (χ3n) is 6.64. The topological polar surface area (TPSA) is 78.9 Å². The Morgan fingerprint density at radius 2 is 0.651 bits per heavy atom. The first-order valence-corrected chi connectivity index (χ1v) is 14.9. The highest BCUT2D eigenvalue weighted by molar-refractivity contribution is 7.97. The predicted molar refractivity (Wildman–Crippen MR) is 171 cm³/mol. The van der Waals surface area contributed by atoms with Crippen LogP contribution < -0.4 is 14.2 Å². The summed E-state index contributed by atoms with van der Waals surface area (Å²) in [5.74, 6) is 0.0816. The van der Waals surface area contributed by atoms with Crippen LogP contribution in [0.1, 0.15) is 54.2 Å². The maximum Gasteiger partial charge on any atom is 0.338 e. The standard InChI is InChI=1S/C36H39O6S/c1-19(2)34(37)40-31-22(7)13-28(14-23(31)8)43(29-15-24(9)32(25(10)16-29)41-35(38)20(3)4)30-17-26(11)33(27(12)18-30)42-36(39)21(5)6/h13-18H,1,3,5H2,2,4,6-12H3/q+1. The van der Waals surface area contributed by atoms with Crippen molar-refractivity contribution in [3.05, 3.63) is 106 Å². The van der Waals surface area contributed by atoms with Crippen LogP contribution in [0.3, 0.4) is 0 Å². The largest absolute Gasteiger partial charge is 0.423 e. The fourth-order valence-electron chi connectivity index (χ4n) is 4.52. The Morgan fingerprint density at radius 1 is 0.465 bits per heavy atom. The first-order valence-electron chi connectivity index (χ1n) is 13.7. The highest BCUT2D eigenvalue weighted by atomic mass is 32.2. The zero-order valence-corrected chi connectivity index (χ0v) is 27.3. The van der Waals surface area contributed by atoms with Crippen molar-refractivity contribution in [2.75, 3.05) is 0 Å². The van der Waals surface area contributed by atoms with E-state index in [9.17, 15) is 14.4 Å². The van der Waals surface area contributed by atoms with Crippen LogP contribution in [0, 0.1) is 41.5 Å². The second-order valence-electron chi connectivity index (χ2n) is 11.0. The van der Waals surface area contributed by atoms with Crippen LogP contribution >= 0.6 is 0 Å². The Morgan fingerprint density at radius 3 is 0.814 bits per heavy atom. The second kappa shape index (κ2) is 13.3. The SMILES string of the molecule is C=C(C)C(=O)Oc1c(C)cc([S+](c2cc(C)c(OC(=O)C(=C)C)c(C)c2)c2cc(C)c(OC(=O)C(=C)C)c(C)c2)cc1C. The van der Waals surface area contributed by atoms with Gasteiger partial charge in [0.2, 0.25) is 0 Å². The third-order valence-corrected chi connectivity index (χ3v) is 8.76. The molecule has 0 aliphatic carbocycles. The molecular weight excluding hydrogens is 560 g/mol. The number of hydrogen-bond acceptors (Lipinski definition) is 6. The summed E-state index contributed by atoms with van der Waals surface area (Å²) < 4.78 is 17.0. The fourth-order valence-corrected chi connectivity index (χ4v) is 7.10. The molecule has 3 rings (SSSR count). The predicted octanol–water partition coefficient (Wildman–Crippen LogP) is 8.08. The fraction of sp³-hybridized carbons (Fsp3) is 0.250.